The molecule has 3 heteroatoms. The Kier molecular flexibility index (Phi) is 4.16. The largest absolute Gasteiger partial charge is 0.396 e. The van der Waals surface area contributed by atoms with Gasteiger partial charge in [0.2, 0.25) is 0 Å². The van der Waals surface area contributed by atoms with E-state index in [4.69, 9.17) is 5.73 Å². The summed E-state index contributed by atoms with van der Waals surface area (Å²) < 4.78 is 0. The lowest BCUT2D eigenvalue weighted by atomic mass is 10.0. The lowest BCUT2D eigenvalue weighted by Crippen LogP contribution is -2.31. The van der Waals surface area contributed by atoms with Crippen molar-refractivity contribution in [3.8, 4) is 0 Å². The molecule has 1 aromatic heterocycles. The van der Waals surface area contributed by atoms with Crippen molar-refractivity contribution < 1.29 is 0 Å². The summed E-state index contributed by atoms with van der Waals surface area (Å²) in [5.41, 5.74) is 7.93. The second-order valence-electron chi connectivity index (χ2n) is 4.95. The Bertz CT molecular complexity index is 347. The van der Waals surface area contributed by atoms with E-state index in [0.717, 1.165) is 23.5 Å². The predicted octanol–water partition coefficient (Wildman–Crippen LogP) is 2.84. The zero-order chi connectivity index (χ0) is 12.3. The summed E-state index contributed by atoms with van der Waals surface area (Å²) >= 11 is 0. The van der Waals surface area contributed by atoms with Crippen LogP contribution in [-0.4, -0.2) is 18.1 Å². The van der Waals surface area contributed by atoms with E-state index in [-0.39, 0.29) is 0 Å². The van der Waals surface area contributed by atoms with Crippen LogP contribution in [0, 0.1) is 12.8 Å². The van der Waals surface area contributed by atoms with Crippen molar-refractivity contribution in [1.29, 1.82) is 0 Å². The Labute approximate surface area is 98.7 Å². The molecule has 0 aliphatic heterocycles. The molecule has 90 valence electrons. The summed E-state index contributed by atoms with van der Waals surface area (Å²) in [5, 5.41) is 0. The molecule has 0 aliphatic carbocycles. The standard InChI is InChI=1S/C13H23N3/c1-9(2)8-11(4)16(5)13-12(14)10(3)6-7-15-13/h6-7,9,11H,8,14H2,1-5H3. The van der Waals surface area contributed by atoms with Crippen molar-refractivity contribution in [3.05, 3.63) is 17.8 Å². The molecule has 3 nitrogen and oxygen atoms in total. The molecule has 2 N–H and O–H groups in total. The van der Waals surface area contributed by atoms with E-state index in [0.29, 0.717) is 12.0 Å². The summed E-state index contributed by atoms with van der Waals surface area (Å²) in [6.45, 7) is 8.69. The van der Waals surface area contributed by atoms with Gasteiger partial charge in [0.15, 0.2) is 5.82 Å². The van der Waals surface area contributed by atoms with Crippen LogP contribution < -0.4 is 10.6 Å². The maximum absolute atomic E-state index is 6.05. The Balaban J connectivity index is 2.87. The normalized spacial score (nSPS) is 12.9. The molecule has 1 rings (SSSR count). The second kappa shape index (κ2) is 5.19. The van der Waals surface area contributed by atoms with Crippen LogP contribution in [0.1, 0.15) is 32.8 Å². The van der Waals surface area contributed by atoms with Crippen molar-refractivity contribution in [2.45, 2.75) is 40.2 Å². The predicted molar refractivity (Wildman–Crippen MR) is 70.7 cm³/mol. The van der Waals surface area contributed by atoms with Gasteiger partial charge in [-0.25, -0.2) is 4.98 Å². The van der Waals surface area contributed by atoms with Gasteiger partial charge >= 0.3 is 0 Å². The van der Waals surface area contributed by atoms with Gasteiger partial charge in [-0.3, -0.25) is 0 Å². The van der Waals surface area contributed by atoms with Gasteiger partial charge < -0.3 is 10.6 Å². The lowest BCUT2D eigenvalue weighted by Gasteiger charge is -2.28. The maximum atomic E-state index is 6.05. The first kappa shape index (κ1) is 12.8. The van der Waals surface area contributed by atoms with Crippen LogP contribution in [0.3, 0.4) is 0 Å². The Morgan fingerprint density at radius 3 is 2.56 bits per heavy atom. The highest BCUT2D eigenvalue weighted by atomic mass is 15.2. The molecule has 0 saturated heterocycles. The SMILES string of the molecule is Cc1ccnc(N(C)C(C)CC(C)C)c1N. The molecule has 0 saturated carbocycles. The minimum absolute atomic E-state index is 0.455. The van der Waals surface area contributed by atoms with Crippen molar-refractivity contribution in [2.75, 3.05) is 17.7 Å². The third-order valence-electron chi connectivity index (χ3n) is 2.99. The highest BCUT2D eigenvalue weighted by Gasteiger charge is 2.15. The molecule has 0 spiro atoms. The monoisotopic (exact) mass is 221 g/mol. The van der Waals surface area contributed by atoms with E-state index in [1.807, 2.05) is 19.2 Å². The van der Waals surface area contributed by atoms with Crippen LogP contribution in [0.15, 0.2) is 12.3 Å². The van der Waals surface area contributed by atoms with Gasteiger partial charge in [0.1, 0.15) is 0 Å². The summed E-state index contributed by atoms with van der Waals surface area (Å²) in [7, 11) is 2.06. The van der Waals surface area contributed by atoms with Crippen LogP contribution in [0.2, 0.25) is 0 Å². The average molecular weight is 221 g/mol. The molecule has 1 aromatic rings. The van der Waals surface area contributed by atoms with Crippen molar-refractivity contribution in [3.63, 3.8) is 0 Å². The molecule has 0 amide bonds. The summed E-state index contributed by atoms with van der Waals surface area (Å²) in [4.78, 5) is 6.54. The fourth-order valence-electron chi connectivity index (χ4n) is 1.89. The first-order valence-corrected chi connectivity index (χ1v) is 5.87. The maximum Gasteiger partial charge on any atom is 0.152 e. The fraction of sp³-hybridized carbons (Fsp3) is 0.615. The molecule has 1 heterocycles. The molecular weight excluding hydrogens is 198 g/mol. The first-order chi connectivity index (χ1) is 7.43. The molecule has 16 heavy (non-hydrogen) atoms. The van der Waals surface area contributed by atoms with Gasteiger partial charge in [0.25, 0.3) is 0 Å². The zero-order valence-electron chi connectivity index (χ0n) is 11.0. The lowest BCUT2D eigenvalue weighted by molar-refractivity contribution is 0.502. The molecule has 0 radical (unpaired) electrons. The average Bonchev–Trinajstić information content (AvgIpc) is 2.20. The number of anilines is 2. The van der Waals surface area contributed by atoms with Crippen molar-refractivity contribution >= 4 is 11.5 Å². The first-order valence-electron chi connectivity index (χ1n) is 5.87. The molecular formula is C13H23N3. The third kappa shape index (κ3) is 2.87. The minimum Gasteiger partial charge on any atom is -0.396 e. The van der Waals surface area contributed by atoms with E-state index in [2.05, 4.69) is 37.7 Å². The van der Waals surface area contributed by atoms with Gasteiger partial charge in [-0.05, 0) is 37.8 Å². The number of nitrogen functional groups attached to an aromatic ring is 1. The van der Waals surface area contributed by atoms with Gasteiger partial charge in [0.05, 0.1) is 5.69 Å². The minimum atomic E-state index is 0.455. The molecule has 0 bridgehead atoms. The topological polar surface area (TPSA) is 42.2 Å². The number of hydrogen-bond acceptors (Lipinski definition) is 3. The van der Waals surface area contributed by atoms with Gasteiger partial charge in [-0.15, -0.1) is 0 Å². The molecule has 0 fully saturated rings. The summed E-state index contributed by atoms with van der Waals surface area (Å²) in [6, 6.07) is 2.40. The Hall–Kier alpha value is -1.25. The third-order valence-corrected chi connectivity index (χ3v) is 2.99. The van der Waals surface area contributed by atoms with Crippen LogP contribution in [-0.2, 0) is 0 Å². The number of pyridine rings is 1. The number of nitrogens with zero attached hydrogens (tertiary/aromatic N) is 2. The number of aromatic nitrogens is 1. The van der Waals surface area contributed by atoms with Gasteiger partial charge in [0, 0.05) is 19.3 Å². The van der Waals surface area contributed by atoms with Crippen LogP contribution in [0.4, 0.5) is 11.5 Å². The van der Waals surface area contributed by atoms with E-state index in [9.17, 15) is 0 Å². The van der Waals surface area contributed by atoms with Crippen LogP contribution >= 0.6 is 0 Å². The van der Waals surface area contributed by atoms with Crippen LogP contribution in [0.5, 0.6) is 0 Å². The van der Waals surface area contributed by atoms with Gasteiger partial charge in [-0.2, -0.15) is 0 Å². The summed E-state index contributed by atoms with van der Waals surface area (Å²) in [5.74, 6) is 1.58. The molecule has 0 aromatic carbocycles. The molecule has 1 unspecified atom stereocenters. The zero-order valence-corrected chi connectivity index (χ0v) is 11.0. The Morgan fingerprint density at radius 1 is 1.38 bits per heavy atom. The summed E-state index contributed by atoms with van der Waals surface area (Å²) in [6.07, 6.45) is 2.96. The molecule has 0 aliphatic rings. The van der Waals surface area contributed by atoms with E-state index < -0.39 is 0 Å². The van der Waals surface area contributed by atoms with Crippen LogP contribution in [0.25, 0.3) is 0 Å². The Morgan fingerprint density at radius 2 is 2.00 bits per heavy atom. The van der Waals surface area contributed by atoms with Crippen molar-refractivity contribution in [1.82, 2.24) is 4.98 Å². The smallest absolute Gasteiger partial charge is 0.152 e. The van der Waals surface area contributed by atoms with E-state index in [1.165, 1.54) is 0 Å². The highest BCUT2D eigenvalue weighted by Crippen LogP contribution is 2.25. The quantitative estimate of drug-likeness (QED) is 0.850. The van der Waals surface area contributed by atoms with Gasteiger partial charge in [-0.1, -0.05) is 13.8 Å². The number of rotatable bonds is 4. The van der Waals surface area contributed by atoms with Crippen molar-refractivity contribution in [2.24, 2.45) is 5.92 Å². The van der Waals surface area contributed by atoms with E-state index >= 15 is 0 Å². The molecule has 1 atom stereocenters. The second-order valence-corrected chi connectivity index (χ2v) is 4.95. The van der Waals surface area contributed by atoms with E-state index in [1.54, 1.807) is 0 Å². The number of hydrogen-bond donors (Lipinski definition) is 1. The number of aryl methyl sites for hydroxylation is 1. The number of nitrogens with two attached hydrogens (primary N) is 1. The fourth-order valence-corrected chi connectivity index (χ4v) is 1.89. The highest BCUT2D eigenvalue weighted by molar-refractivity contribution is 5.66.